The summed E-state index contributed by atoms with van der Waals surface area (Å²) in [6.45, 7) is 3.06. The van der Waals surface area contributed by atoms with Crippen LogP contribution in [0.25, 0.3) is 0 Å². The number of carbonyl (C=O) groups excluding carboxylic acids is 2. The number of amides is 2. The summed E-state index contributed by atoms with van der Waals surface area (Å²) in [5.74, 6) is -0.334. The highest BCUT2D eigenvalue weighted by Crippen LogP contribution is 2.11. The Kier molecular flexibility index (Phi) is 7.18. The zero-order valence-corrected chi connectivity index (χ0v) is 15.6. The van der Waals surface area contributed by atoms with Gasteiger partial charge in [-0.05, 0) is 30.6 Å². The van der Waals surface area contributed by atoms with E-state index >= 15 is 0 Å². The Morgan fingerprint density at radius 3 is 2.44 bits per heavy atom. The van der Waals surface area contributed by atoms with Gasteiger partial charge in [-0.2, -0.15) is 0 Å². The molecule has 0 saturated carbocycles. The van der Waals surface area contributed by atoms with E-state index in [-0.39, 0.29) is 17.9 Å². The molecule has 0 unspecified atom stereocenters. The zero-order valence-electron chi connectivity index (χ0n) is 14.7. The molecular formula is C18H26N4O2S. The van der Waals surface area contributed by atoms with E-state index in [4.69, 9.17) is 12.2 Å². The van der Waals surface area contributed by atoms with E-state index in [1.807, 2.05) is 37.4 Å². The quantitative estimate of drug-likeness (QED) is 0.677. The molecule has 2 rings (SSSR count). The highest BCUT2D eigenvalue weighted by molar-refractivity contribution is 7.80. The minimum atomic E-state index is -0.559. The second-order valence-electron chi connectivity index (χ2n) is 6.27. The highest BCUT2D eigenvalue weighted by Gasteiger charge is 2.26. The largest absolute Gasteiger partial charge is 0.366 e. The van der Waals surface area contributed by atoms with Crippen molar-refractivity contribution in [3.63, 3.8) is 0 Å². The molecule has 1 aromatic carbocycles. The number of carbonyl (C=O) groups is 2. The Bertz CT molecular complexity index is 600. The second-order valence-corrected chi connectivity index (χ2v) is 6.65. The molecule has 0 aromatic heterocycles. The third-order valence-corrected chi connectivity index (χ3v) is 4.78. The van der Waals surface area contributed by atoms with Crippen LogP contribution >= 0.6 is 12.2 Å². The molecule has 0 radical (unpaired) electrons. The summed E-state index contributed by atoms with van der Waals surface area (Å²) < 4.78 is 0. The van der Waals surface area contributed by atoms with Crippen LogP contribution in [0.4, 0.5) is 0 Å². The maximum atomic E-state index is 12.6. The summed E-state index contributed by atoms with van der Waals surface area (Å²) in [6.07, 6.45) is 2.16. The summed E-state index contributed by atoms with van der Waals surface area (Å²) >= 11 is 5.24. The van der Waals surface area contributed by atoms with Gasteiger partial charge in [0.1, 0.15) is 6.04 Å². The van der Waals surface area contributed by atoms with Crippen LogP contribution in [0, 0.1) is 0 Å². The van der Waals surface area contributed by atoms with Crippen molar-refractivity contribution in [2.75, 3.05) is 20.1 Å². The van der Waals surface area contributed by atoms with Crippen molar-refractivity contribution in [1.29, 1.82) is 0 Å². The lowest BCUT2D eigenvalue weighted by Crippen LogP contribution is -2.53. The molecule has 1 aliphatic rings. The molecule has 1 aliphatic heterocycles. The van der Waals surface area contributed by atoms with E-state index in [2.05, 4.69) is 20.9 Å². The third kappa shape index (κ3) is 6.01. The monoisotopic (exact) mass is 362 g/mol. The van der Waals surface area contributed by atoms with Gasteiger partial charge in [-0.25, -0.2) is 0 Å². The molecule has 1 fully saturated rings. The normalized spacial score (nSPS) is 16.0. The van der Waals surface area contributed by atoms with Crippen molar-refractivity contribution in [2.45, 2.75) is 38.3 Å². The topological polar surface area (TPSA) is 73.5 Å². The van der Waals surface area contributed by atoms with Crippen LogP contribution in [0.1, 0.15) is 25.3 Å². The molecule has 136 valence electrons. The fraction of sp³-hybridized carbons (Fsp3) is 0.500. The van der Waals surface area contributed by atoms with Gasteiger partial charge in [-0.15, -0.1) is 0 Å². The number of nitrogens with one attached hydrogen (secondary N) is 3. The lowest BCUT2D eigenvalue weighted by molar-refractivity contribution is -0.128. The van der Waals surface area contributed by atoms with E-state index in [1.54, 1.807) is 0 Å². The molecule has 0 spiro atoms. The van der Waals surface area contributed by atoms with Crippen molar-refractivity contribution in [2.24, 2.45) is 0 Å². The van der Waals surface area contributed by atoms with Crippen LogP contribution in [0.3, 0.4) is 0 Å². The average molecular weight is 362 g/mol. The first-order valence-electron chi connectivity index (χ1n) is 8.57. The molecule has 3 N–H and O–H groups in total. The van der Waals surface area contributed by atoms with Gasteiger partial charge in [0.05, 0.1) is 0 Å². The molecule has 6 nitrogen and oxygen atoms in total. The summed E-state index contributed by atoms with van der Waals surface area (Å²) in [6, 6.07) is 9.25. The Morgan fingerprint density at radius 2 is 1.88 bits per heavy atom. The van der Waals surface area contributed by atoms with Crippen LogP contribution in [-0.2, 0) is 16.0 Å². The number of hydrogen-bond donors (Lipinski definition) is 3. The van der Waals surface area contributed by atoms with Gasteiger partial charge < -0.3 is 20.9 Å². The standard InChI is InChI=1S/C18H26N4O2S/c1-13(23)20-16(12-14-6-4-3-5-7-14)17(24)21-15-8-10-22(11-9-15)18(25)19-2/h3-7,15-16H,8-12H2,1-2H3,(H,19,25)(H,20,23)(H,21,24)/t16-/m1/s1. The summed E-state index contributed by atoms with van der Waals surface area (Å²) in [5.41, 5.74) is 1.02. The summed E-state index contributed by atoms with van der Waals surface area (Å²) in [7, 11) is 1.82. The fourth-order valence-corrected chi connectivity index (χ4v) is 3.17. The number of piperidine rings is 1. The molecule has 2 amide bonds. The number of thiocarbonyl (C=S) groups is 1. The van der Waals surface area contributed by atoms with Gasteiger partial charge in [0.25, 0.3) is 0 Å². The highest BCUT2D eigenvalue weighted by atomic mass is 32.1. The maximum absolute atomic E-state index is 12.6. The lowest BCUT2D eigenvalue weighted by atomic mass is 10.0. The number of likely N-dealkylation sites (tertiary alicyclic amines) is 1. The third-order valence-electron chi connectivity index (χ3n) is 4.32. The summed E-state index contributed by atoms with van der Waals surface area (Å²) in [4.78, 5) is 26.2. The fourth-order valence-electron chi connectivity index (χ4n) is 2.99. The molecule has 1 saturated heterocycles. The minimum Gasteiger partial charge on any atom is -0.366 e. The first kappa shape index (κ1) is 19.2. The molecule has 1 atom stereocenters. The number of nitrogens with zero attached hydrogens (tertiary/aromatic N) is 1. The van der Waals surface area contributed by atoms with Crippen LogP contribution in [-0.4, -0.2) is 54.0 Å². The Balaban J connectivity index is 1.91. The number of rotatable bonds is 5. The van der Waals surface area contributed by atoms with E-state index in [0.717, 1.165) is 36.6 Å². The van der Waals surface area contributed by atoms with Crippen LogP contribution in [0.15, 0.2) is 30.3 Å². The van der Waals surface area contributed by atoms with Gasteiger partial charge in [-0.3, -0.25) is 9.59 Å². The van der Waals surface area contributed by atoms with E-state index < -0.39 is 6.04 Å². The van der Waals surface area contributed by atoms with E-state index in [0.29, 0.717) is 6.42 Å². The van der Waals surface area contributed by atoms with E-state index in [9.17, 15) is 9.59 Å². The summed E-state index contributed by atoms with van der Waals surface area (Å²) in [5, 5.41) is 9.56. The Morgan fingerprint density at radius 1 is 1.24 bits per heavy atom. The molecule has 7 heteroatoms. The minimum absolute atomic E-state index is 0.107. The van der Waals surface area contributed by atoms with Crippen molar-refractivity contribution >= 4 is 29.1 Å². The van der Waals surface area contributed by atoms with Gasteiger partial charge in [0.2, 0.25) is 11.8 Å². The van der Waals surface area contributed by atoms with Gasteiger partial charge in [0, 0.05) is 39.5 Å². The molecule has 25 heavy (non-hydrogen) atoms. The first-order valence-corrected chi connectivity index (χ1v) is 8.98. The number of benzene rings is 1. The van der Waals surface area contributed by atoms with Crippen LogP contribution < -0.4 is 16.0 Å². The van der Waals surface area contributed by atoms with Crippen LogP contribution in [0.2, 0.25) is 0 Å². The predicted molar refractivity (Wildman–Crippen MR) is 102 cm³/mol. The Labute approximate surface area is 154 Å². The maximum Gasteiger partial charge on any atom is 0.243 e. The Hall–Kier alpha value is -2.15. The molecule has 0 bridgehead atoms. The molecule has 1 heterocycles. The van der Waals surface area contributed by atoms with Crippen LogP contribution in [0.5, 0.6) is 0 Å². The zero-order chi connectivity index (χ0) is 18.2. The van der Waals surface area contributed by atoms with Crippen molar-refractivity contribution in [1.82, 2.24) is 20.9 Å². The molecule has 0 aliphatic carbocycles. The smallest absolute Gasteiger partial charge is 0.243 e. The van der Waals surface area contributed by atoms with Crippen molar-refractivity contribution < 1.29 is 9.59 Å². The SMILES string of the molecule is CNC(=S)N1CCC(NC(=O)[C@@H](Cc2ccccc2)NC(C)=O)CC1. The van der Waals surface area contributed by atoms with Gasteiger partial charge >= 0.3 is 0 Å². The average Bonchev–Trinajstić information content (AvgIpc) is 2.61. The first-order chi connectivity index (χ1) is 12.0. The van der Waals surface area contributed by atoms with Crippen molar-refractivity contribution in [3.8, 4) is 0 Å². The second kappa shape index (κ2) is 9.36. The predicted octanol–water partition coefficient (Wildman–Crippen LogP) is 0.819. The number of hydrogen-bond acceptors (Lipinski definition) is 3. The molecular weight excluding hydrogens is 336 g/mol. The lowest BCUT2D eigenvalue weighted by Gasteiger charge is -2.34. The van der Waals surface area contributed by atoms with Gasteiger partial charge in [-0.1, -0.05) is 30.3 Å². The van der Waals surface area contributed by atoms with E-state index in [1.165, 1.54) is 6.92 Å². The van der Waals surface area contributed by atoms with Gasteiger partial charge in [0.15, 0.2) is 5.11 Å². The van der Waals surface area contributed by atoms with Crippen molar-refractivity contribution in [3.05, 3.63) is 35.9 Å². The molecule has 1 aromatic rings.